The average Bonchev–Trinajstić information content (AvgIpc) is 2.33. The molecule has 2 rings (SSSR count). The highest BCUT2D eigenvalue weighted by atomic mass is 35.5. The van der Waals surface area contributed by atoms with Crippen molar-refractivity contribution < 1.29 is 9.90 Å². The highest BCUT2D eigenvalue weighted by Gasteiger charge is 2.37. The molecule has 1 saturated carbocycles. The highest BCUT2D eigenvalue weighted by molar-refractivity contribution is 6.32. The fraction of sp³-hybridized carbons (Fsp3) is 0.357. The Hall–Kier alpha value is -1.32. The van der Waals surface area contributed by atoms with E-state index in [-0.39, 0.29) is 12.5 Å². The number of carbonyl (C=O) groups excluding carboxylic acids is 1. The fourth-order valence-corrected chi connectivity index (χ4v) is 2.20. The lowest BCUT2D eigenvalue weighted by atomic mass is 9.77. The van der Waals surface area contributed by atoms with E-state index < -0.39 is 5.54 Å². The third kappa shape index (κ3) is 2.92. The number of aliphatic hydroxyl groups is 1. The summed E-state index contributed by atoms with van der Waals surface area (Å²) in [6.07, 6.45) is 5.87. The SMILES string of the molecule is O=C(/C=C/c1ccccc1Cl)NC1(CO)CCC1. The molecule has 96 valence electrons. The quantitative estimate of drug-likeness (QED) is 0.822. The van der Waals surface area contributed by atoms with E-state index in [4.69, 9.17) is 11.6 Å². The predicted octanol–water partition coefficient (Wildman–Crippen LogP) is 2.38. The molecule has 4 heteroatoms. The monoisotopic (exact) mass is 265 g/mol. The Kier molecular flexibility index (Phi) is 4.04. The van der Waals surface area contributed by atoms with Gasteiger partial charge in [-0.25, -0.2) is 0 Å². The van der Waals surface area contributed by atoms with Gasteiger partial charge in [0.1, 0.15) is 0 Å². The number of hydrogen-bond acceptors (Lipinski definition) is 2. The molecule has 0 heterocycles. The van der Waals surface area contributed by atoms with Gasteiger partial charge in [-0.05, 0) is 37.0 Å². The zero-order valence-electron chi connectivity index (χ0n) is 10.0. The maximum atomic E-state index is 11.7. The van der Waals surface area contributed by atoms with Crippen molar-refractivity contribution in [2.45, 2.75) is 24.8 Å². The maximum Gasteiger partial charge on any atom is 0.244 e. The summed E-state index contributed by atoms with van der Waals surface area (Å²) in [4.78, 5) is 11.7. The van der Waals surface area contributed by atoms with Crippen molar-refractivity contribution in [1.29, 1.82) is 0 Å². The van der Waals surface area contributed by atoms with Crippen molar-refractivity contribution in [2.24, 2.45) is 0 Å². The molecule has 0 aliphatic heterocycles. The second-order valence-electron chi connectivity index (χ2n) is 4.64. The van der Waals surface area contributed by atoms with E-state index >= 15 is 0 Å². The summed E-state index contributed by atoms with van der Waals surface area (Å²) in [5.74, 6) is -0.191. The van der Waals surface area contributed by atoms with Gasteiger partial charge in [0.15, 0.2) is 0 Å². The molecule has 1 aliphatic carbocycles. The van der Waals surface area contributed by atoms with Crippen molar-refractivity contribution in [3.63, 3.8) is 0 Å². The molecule has 1 amide bonds. The molecular weight excluding hydrogens is 250 g/mol. The summed E-state index contributed by atoms with van der Waals surface area (Å²) in [6.45, 7) is -0.00132. The van der Waals surface area contributed by atoms with Crippen LogP contribution >= 0.6 is 11.6 Å². The van der Waals surface area contributed by atoms with Gasteiger partial charge in [-0.1, -0.05) is 29.8 Å². The van der Waals surface area contributed by atoms with E-state index in [1.807, 2.05) is 18.2 Å². The summed E-state index contributed by atoms with van der Waals surface area (Å²) < 4.78 is 0. The minimum Gasteiger partial charge on any atom is -0.394 e. The van der Waals surface area contributed by atoms with Crippen LogP contribution in [-0.4, -0.2) is 23.2 Å². The molecule has 0 saturated heterocycles. The van der Waals surface area contributed by atoms with E-state index in [0.29, 0.717) is 5.02 Å². The predicted molar refractivity (Wildman–Crippen MR) is 72.3 cm³/mol. The Morgan fingerprint density at radius 2 is 2.17 bits per heavy atom. The maximum absolute atomic E-state index is 11.7. The van der Waals surface area contributed by atoms with Gasteiger partial charge in [0.2, 0.25) is 5.91 Å². The summed E-state index contributed by atoms with van der Waals surface area (Å²) >= 11 is 5.98. The lowest BCUT2D eigenvalue weighted by Crippen LogP contribution is -2.55. The molecule has 0 radical (unpaired) electrons. The topological polar surface area (TPSA) is 49.3 Å². The first-order valence-corrected chi connectivity index (χ1v) is 6.39. The number of nitrogens with one attached hydrogen (secondary N) is 1. The van der Waals surface area contributed by atoms with Crippen LogP contribution < -0.4 is 5.32 Å². The van der Waals surface area contributed by atoms with Crippen LogP contribution in [0.5, 0.6) is 0 Å². The molecule has 1 aromatic carbocycles. The lowest BCUT2D eigenvalue weighted by molar-refractivity contribution is -0.120. The highest BCUT2D eigenvalue weighted by Crippen LogP contribution is 2.31. The second-order valence-corrected chi connectivity index (χ2v) is 5.04. The molecule has 2 N–H and O–H groups in total. The first-order valence-electron chi connectivity index (χ1n) is 6.01. The van der Waals surface area contributed by atoms with Gasteiger partial charge in [-0.3, -0.25) is 4.79 Å². The first kappa shape index (κ1) is 13.1. The van der Waals surface area contributed by atoms with Crippen LogP contribution in [0.15, 0.2) is 30.3 Å². The second kappa shape index (κ2) is 5.55. The van der Waals surface area contributed by atoms with Crippen molar-refractivity contribution in [3.8, 4) is 0 Å². The van der Waals surface area contributed by atoms with Crippen molar-refractivity contribution in [1.82, 2.24) is 5.32 Å². The van der Waals surface area contributed by atoms with Crippen LogP contribution in [0.1, 0.15) is 24.8 Å². The smallest absolute Gasteiger partial charge is 0.244 e. The summed E-state index contributed by atoms with van der Waals surface area (Å²) in [5, 5.41) is 12.7. The molecule has 1 aromatic rings. The number of rotatable bonds is 4. The van der Waals surface area contributed by atoms with Crippen LogP contribution in [0, 0.1) is 0 Å². The molecule has 1 fully saturated rings. The Morgan fingerprint density at radius 3 is 2.72 bits per heavy atom. The van der Waals surface area contributed by atoms with Gasteiger partial charge in [0.05, 0.1) is 12.1 Å². The van der Waals surface area contributed by atoms with Crippen LogP contribution in [0.25, 0.3) is 6.08 Å². The van der Waals surface area contributed by atoms with Crippen molar-refractivity contribution >= 4 is 23.6 Å². The van der Waals surface area contributed by atoms with Crippen molar-refractivity contribution in [2.75, 3.05) is 6.61 Å². The van der Waals surface area contributed by atoms with Crippen LogP contribution in [-0.2, 0) is 4.79 Å². The van der Waals surface area contributed by atoms with Crippen molar-refractivity contribution in [3.05, 3.63) is 40.9 Å². The van der Waals surface area contributed by atoms with E-state index in [1.165, 1.54) is 6.08 Å². The molecule has 0 bridgehead atoms. The Labute approximate surface area is 111 Å². The molecule has 18 heavy (non-hydrogen) atoms. The standard InChI is InChI=1S/C14H16ClNO2/c15-12-5-2-1-4-11(12)6-7-13(18)16-14(10-17)8-3-9-14/h1-2,4-7,17H,3,8-10H2,(H,16,18)/b7-6+. The molecular formula is C14H16ClNO2. The van der Waals surface area contributed by atoms with E-state index in [9.17, 15) is 9.90 Å². The third-order valence-corrected chi connectivity index (χ3v) is 3.67. The van der Waals surface area contributed by atoms with Gasteiger partial charge >= 0.3 is 0 Å². The molecule has 0 atom stereocenters. The van der Waals surface area contributed by atoms with Gasteiger partial charge in [-0.2, -0.15) is 0 Å². The number of amides is 1. The number of hydrogen-bond donors (Lipinski definition) is 2. The average molecular weight is 266 g/mol. The van der Waals surface area contributed by atoms with Crippen LogP contribution in [0.2, 0.25) is 5.02 Å². The normalized spacial score (nSPS) is 17.4. The summed E-state index contributed by atoms with van der Waals surface area (Å²) in [5.41, 5.74) is 0.406. The zero-order chi connectivity index (χ0) is 13.0. The number of carbonyl (C=O) groups is 1. The number of halogens is 1. The largest absolute Gasteiger partial charge is 0.394 e. The Balaban J connectivity index is 1.97. The molecule has 3 nitrogen and oxygen atoms in total. The van der Waals surface area contributed by atoms with E-state index in [2.05, 4.69) is 5.32 Å². The molecule has 0 unspecified atom stereocenters. The third-order valence-electron chi connectivity index (χ3n) is 3.32. The minimum absolute atomic E-state index is 0.00132. The summed E-state index contributed by atoms with van der Waals surface area (Å²) in [6, 6.07) is 7.33. The van der Waals surface area contributed by atoms with Crippen LogP contribution in [0.4, 0.5) is 0 Å². The van der Waals surface area contributed by atoms with E-state index in [1.54, 1.807) is 12.1 Å². The molecule has 1 aliphatic rings. The van der Waals surface area contributed by atoms with Crippen LogP contribution in [0.3, 0.4) is 0 Å². The van der Waals surface area contributed by atoms with Gasteiger partial charge < -0.3 is 10.4 Å². The Morgan fingerprint density at radius 1 is 1.44 bits per heavy atom. The fourth-order valence-electron chi connectivity index (χ4n) is 2.00. The first-order chi connectivity index (χ1) is 8.65. The van der Waals surface area contributed by atoms with Gasteiger partial charge in [-0.15, -0.1) is 0 Å². The molecule has 0 spiro atoms. The lowest BCUT2D eigenvalue weighted by Gasteiger charge is -2.40. The minimum atomic E-state index is -0.401. The molecule has 0 aromatic heterocycles. The number of benzene rings is 1. The van der Waals surface area contributed by atoms with Gasteiger partial charge in [0, 0.05) is 11.1 Å². The van der Waals surface area contributed by atoms with Gasteiger partial charge in [0.25, 0.3) is 0 Å². The summed E-state index contributed by atoms with van der Waals surface area (Å²) in [7, 11) is 0. The Bertz CT molecular complexity index is 461. The number of aliphatic hydroxyl groups excluding tert-OH is 1. The zero-order valence-corrected chi connectivity index (χ0v) is 10.8. The van der Waals surface area contributed by atoms with E-state index in [0.717, 1.165) is 24.8 Å².